The molecule has 2 rings (SSSR count). The van der Waals surface area contributed by atoms with Crippen LogP contribution in [0, 0.1) is 0 Å². The summed E-state index contributed by atoms with van der Waals surface area (Å²) < 4.78 is 15.6. The highest BCUT2D eigenvalue weighted by Gasteiger charge is 2.21. The van der Waals surface area contributed by atoms with E-state index >= 15 is 0 Å². The summed E-state index contributed by atoms with van der Waals surface area (Å²) >= 11 is 0. The SMILES string of the molecule is COCc1ccccc1C(=O)OC1CCOC1. The van der Waals surface area contributed by atoms with Crippen LogP contribution >= 0.6 is 0 Å². The molecule has 1 aliphatic heterocycles. The molecule has 4 nitrogen and oxygen atoms in total. The third-order valence-corrected chi connectivity index (χ3v) is 2.70. The number of esters is 1. The highest BCUT2D eigenvalue weighted by atomic mass is 16.6. The minimum absolute atomic E-state index is 0.113. The van der Waals surface area contributed by atoms with E-state index < -0.39 is 0 Å². The van der Waals surface area contributed by atoms with E-state index in [1.165, 1.54) is 0 Å². The average molecular weight is 236 g/mol. The zero-order valence-electron chi connectivity index (χ0n) is 9.85. The average Bonchev–Trinajstić information content (AvgIpc) is 2.83. The van der Waals surface area contributed by atoms with Gasteiger partial charge in [-0.25, -0.2) is 4.79 Å². The van der Waals surface area contributed by atoms with Crippen molar-refractivity contribution in [3.05, 3.63) is 35.4 Å². The molecule has 4 heteroatoms. The molecule has 92 valence electrons. The largest absolute Gasteiger partial charge is 0.456 e. The Hall–Kier alpha value is -1.39. The van der Waals surface area contributed by atoms with Gasteiger partial charge in [-0.05, 0) is 11.6 Å². The van der Waals surface area contributed by atoms with Gasteiger partial charge in [0.1, 0.15) is 6.10 Å². The van der Waals surface area contributed by atoms with Gasteiger partial charge in [-0.3, -0.25) is 0 Å². The fourth-order valence-electron chi connectivity index (χ4n) is 1.82. The molecule has 0 N–H and O–H groups in total. The zero-order chi connectivity index (χ0) is 12.1. The molecule has 0 aliphatic carbocycles. The molecule has 0 bridgehead atoms. The number of carbonyl (C=O) groups excluding carboxylic acids is 1. The normalized spacial score (nSPS) is 19.2. The lowest BCUT2D eigenvalue weighted by Gasteiger charge is -2.12. The Labute approximate surface area is 100 Å². The summed E-state index contributed by atoms with van der Waals surface area (Å²) in [6, 6.07) is 7.32. The number of carbonyl (C=O) groups is 1. The van der Waals surface area contributed by atoms with Gasteiger partial charge in [0.05, 0.1) is 25.4 Å². The van der Waals surface area contributed by atoms with Gasteiger partial charge in [-0.2, -0.15) is 0 Å². The van der Waals surface area contributed by atoms with Crippen LogP contribution in [-0.2, 0) is 20.8 Å². The van der Waals surface area contributed by atoms with E-state index in [-0.39, 0.29) is 12.1 Å². The Bertz CT molecular complexity index is 383. The lowest BCUT2D eigenvalue weighted by molar-refractivity contribution is 0.0266. The number of rotatable bonds is 4. The highest BCUT2D eigenvalue weighted by Crippen LogP contribution is 2.15. The van der Waals surface area contributed by atoms with E-state index in [0.29, 0.717) is 25.4 Å². The van der Waals surface area contributed by atoms with Crippen molar-refractivity contribution in [3.8, 4) is 0 Å². The Morgan fingerprint density at radius 2 is 2.29 bits per heavy atom. The minimum atomic E-state index is -0.298. The quantitative estimate of drug-likeness (QED) is 0.747. The monoisotopic (exact) mass is 236 g/mol. The predicted molar refractivity (Wildman–Crippen MR) is 61.8 cm³/mol. The molecule has 17 heavy (non-hydrogen) atoms. The smallest absolute Gasteiger partial charge is 0.338 e. The molecule has 1 fully saturated rings. The van der Waals surface area contributed by atoms with E-state index in [4.69, 9.17) is 14.2 Å². The predicted octanol–water partition coefficient (Wildman–Crippen LogP) is 1.78. The van der Waals surface area contributed by atoms with Crippen LogP contribution in [0.1, 0.15) is 22.3 Å². The number of hydrogen-bond acceptors (Lipinski definition) is 4. The van der Waals surface area contributed by atoms with Crippen LogP contribution < -0.4 is 0 Å². The van der Waals surface area contributed by atoms with Crippen molar-refractivity contribution in [1.29, 1.82) is 0 Å². The van der Waals surface area contributed by atoms with Crippen molar-refractivity contribution < 1.29 is 19.0 Å². The molecular formula is C13H16O4. The maximum atomic E-state index is 12.0. The third kappa shape index (κ3) is 3.05. The summed E-state index contributed by atoms with van der Waals surface area (Å²) in [6.07, 6.45) is 0.663. The maximum absolute atomic E-state index is 12.0. The number of methoxy groups -OCH3 is 1. The molecule has 1 saturated heterocycles. The third-order valence-electron chi connectivity index (χ3n) is 2.70. The molecule has 0 spiro atoms. The fraction of sp³-hybridized carbons (Fsp3) is 0.462. The zero-order valence-corrected chi connectivity index (χ0v) is 9.85. The number of benzene rings is 1. The fourth-order valence-corrected chi connectivity index (χ4v) is 1.82. The van der Waals surface area contributed by atoms with Crippen molar-refractivity contribution in [2.24, 2.45) is 0 Å². The first-order valence-electron chi connectivity index (χ1n) is 5.67. The highest BCUT2D eigenvalue weighted by molar-refractivity contribution is 5.91. The van der Waals surface area contributed by atoms with Gasteiger partial charge in [-0.15, -0.1) is 0 Å². The van der Waals surface area contributed by atoms with Gasteiger partial charge < -0.3 is 14.2 Å². The Morgan fingerprint density at radius 3 is 3.00 bits per heavy atom. The molecule has 1 aliphatic rings. The van der Waals surface area contributed by atoms with Gasteiger partial charge in [0.15, 0.2) is 0 Å². The lowest BCUT2D eigenvalue weighted by Crippen LogP contribution is -2.19. The van der Waals surface area contributed by atoms with E-state index in [2.05, 4.69) is 0 Å². The number of ether oxygens (including phenoxy) is 3. The first-order chi connectivity index (χ1) is 8.31. The van der Waals surface area contributed by atoms with Crippen LogP contribution in [0.5, 0.6) is 0 Å². The van der Waals surface area contributed by atoms with E-state index in [9.17, 15) is 4.79 Å². The second-order valence-corrected chi connectivity index (χ2v) is 3.98. The van der Waals surface area contributed by atoms with E-state index in [1.807, 2.05) is 18.2 Å². The molecule has 1 unspecified atom stereocenters. The van der Waals surface area contributed by atoms with Gasteiger partial charge in [0, 0.05) is 13.5 Å². The summed E-state index contributed by atoms with van der Waals surface area (Å²) in [5.74, 6) is -0.298. The topological polar surface area (TPSA) is 44.8 Å². The molecule has 0 amide bonds. The second kappa shape index (κ2) is 5.80. The van der Waals surface area contributed by atoms with Crippen LogP contribution in [0.3, 0.4) is 0 Å². The number of hydrogen-bond donors (Lipinski definition) is 0. The van der Waals surface area contributed by atoms with Crippen LogP contribution in [0.4, 0.5) is 0 Å². The van der Waals surface area contributed by atoms with Crippen molar-refractivity contribution in [1.82, 2.24) is 0 Å². The summed E-state index contributed by atoms with van der Waals surface area (Å²) in [5.41, 5.74) is 1.42. The summed E-state index contributed by atoms with van der Waals surface area (Å²) in [7, 11) is 1.60. The Kier molecular flexibility index (Phi) is 4.12. The minimum Gasteiger partial charge on any atom is -0.456 e. The van der Waals surface area contributed by atoms with Crippen LogP contribution in [-0.4, -0.2) is 32.4 Å². The molecule has 1 aromatic rings. The summed E-state index contributed by atoms with van der Waals surface area (Å²) in [6.45, 7) is 1.57. The van der Waals surface area contributed by atoms with E-state index in [1.54, 1.807) is 13.2 Å². The molecule has 0 saturated carbocycles. The van der Waals surface area contributed by atoms with Crippen molar-refractivity contribution >= 4 is 5.97 Å². The van der Waals surface area contributed by atoms with Gasteiger partial charge in [0.25, 0.3) is 0 Å². The van der Waals surface area contributed by atoms with Gasteiger partial charge in [-0.1, -0.05) is 18.2 Å². The van der Waals surface area contributed by atoms with Crippen molar-refractivity contribution in [2.75, 3.05) is 20.3 Å². The summed E-state index contributed by atoms with van der Waals surface area (Å²) in [5, 5.41) is 0. The lowest BCUT2D eigenvalue weighted by atomic mass is 10.1. The van der Waals surface area contributed by atoms with Crippen LogP contribution in [0.25, 0.3) is 0 Å². The molecule has 1 aromatic carbocycles. The van der Waals surface area contributed by atoms with Gasteiger partial charge >= 0.3 is 5.97 Å². The second-order valence-electron chi connectivity index (χ2n) is 3.98. The first kappa shape index (κ1) is 12.1. The molecule has 1 atom stereocenters. The summed E-state index contributed by atoms with van der Waals surface area (Å²) in [4.78, 5) is 12.0. The van der Waals surface area contributed by atoms with Crippen molar-refractivity contribution in [2.45, 2.75) is 19.1 Å². The molecule has 0 aromatic heterocycles. The Balaban J connectivity index is 2.06. The molecule has 1 heterocycles. The van der Waals surface area contributed by atoms with Gasteiger partial charge in [0.2, 0.25) is 0 Å². The first-order valence-corrected chi connectivity index (χ1v) is 5.67. The van der Waals surface area contributed by atoms with Crippen LogP contribution in [0.2, 0.25) is 0 Å². The molecule has 0 radical (unpaired) electrons. The maximum Gasteiger partial charge on any atom is 0.338 e. The van der Waals surface area contributed by atoms with E-state index in [0.717, 1.165) is 12.0 Å². The standard InChI is InChI=1S/C13H16O4/c1-15-8-10-4-2-3-5-12(10)13(14)17-11-6-7-16-9-11/h2-5,11H,6-9H2,1H3. The Morgan fingerprint density at radius 1 is 1.47 bits per heavy atom. The molecular weight excluding hydrogens is 220 g/mol. The van der Waals surface area contributed by atoms with Crippen LogP contribution in [0.15, 0.2) is 24.3 Å². The van der Waals surface area contributed by atoms with Crippen molar-refractivity contribution in [3.63, 3.8) is 0 Å².